The Morgan fingerprint density at radius 3 is 2.68 bits per heavy atom. The van der Waals surface area contributed by atoms with Gasteiger partial charge < -0.3 is 15.2 Å². The average molecular weight is 311 g/mol. The number of nitrogens with one attached hydrogen (secondary N) is 1. The van der Waals surface area contributed by atoms with Crippen LogP contribution in [0.4, 0.5) is 4.39 Å². The van der Waals surface area contributed by atoms with Crippen molar-refractivity contribution in [3.8, 4) is 0 Å². The fourth-order valence-electron chi connectivity index (χ4n) is 2.01. The second-order valence-electron chi connectivity index (χ2n) is 5.25. The van der Waals surface area contributed by atoms with Gasteiger partial charge in [0, 0.05) is 26.1 Å². The molecule has 0 aliphatic heterocycles. The second kappa shape index (κ2) is 9.15. The van der Waals surface area contributed by atoms with E-state index in [1.807, 2.05) is 0 Å². The lowest BCUT2D eigenvalue weighted by Crippen LogP contribution is -2.43. The van der Waals surface area contributed by atoms with Gasteiger partial charge in [0.25, 0.3) is 0 Å². The molecule has 0 heterocycles. The third kappa shape index (κ3) is 6.22. The molecule has 0 fully saturated rings. The molecule has 2 unspecified atom stereocenters. The molecule has 5 nitrogen and oxygen atoms in total. The lowest BCUT2D eigenvalue weighted by Gasteiger charge is -2.17. The summed E-state index contributed by atoms with van der Waals surface area (Å²) in [6.45, 7) is 1.98. The molecule has 0 spiro atoms. The third-order valence-corrected chi connectivity index (χ3v) is 3.43. The number of aryl methyl sites for hydroxylation is 1. The minimum atomic E-state index is -1.08. The number of carbonyl (C=O) groups excluding carboxylic acids is 1. The second-order valence-corrected chi connectivity index (χ2v) is 5.25. The Morgan fingerprint density at radius 2 is 2.09 bits per heavy atom. The van der Waals surface area contributed by atoms with Crippen LogP contribution in [0.2, 0.25) is 0 Å². The van der Waals surface area contributed by atoms with Gasteiger partial charge in [-0.05, 0) is 30.5 Å². The van der Waals surface area contributed by atoms with Crippen molar-refractivity contribution in [2.24, 2.45) is 5.92 Å². The molecule has 1 aromatic carbocycles. The molecule has 22 heavy (non-hydrogen) atoms. The van der Waals surface area contributed by atoms with Gasteiger partial charge in [-0.15, -0.1) is 0 Å². The number of carbonyl (C=O) groups is 2. The van der Waals surface area contributed by atoms with E-state index in [0.29, 0.717) is 12.8 Å². The molecule has 2 N–H and O–H groups in total. The zero-order chi connectivity index (χ0) is 16.5. The molecule has 0 saturated carbocycles. The quantitative estimate of drug-likeness (QED) is 0.731. The van der Waals surface area contributed by atoms with Crippen LogP contribution in [-0.4, -0.2) is 36.7 Å². The number of rotatable bonds is 9. The van der Waals surface area contributed by atoms with Gasteiger partial charge in [0.1, 0.15) is 11.9 Å². The summed E-state index contributed by atoms with van der Waals surface area (Å²) in [5, 5.41) is 11.6. The number of hydrogen-bond donors (Lipinski definition) is 2. The summed E-state index contributed by atoms with van der Waals surface area (Å²) >= 11 is 0. The van der Waals surface area contributed by atoms with Gasteiger partial charge in [-0.2, -0.15) is 0 Å². The molecule has 6 heteroatoms. The number of halogens is 1. The number of hydrogen-bond acceptors (Lipinski definition) is 3. The van der Waals surface area contributed by atoms with Crippen molar-refractivity contribution in [1.29, 1.82) is 0 Å². The molecule has 0 bridgehead atoms. The van der Waals surface area contributed by atoms with E-state index in [9.17, 15) is 14.0 Å². The largest absolute Gasteiger partial charge is 0.480 e. The summed E-state index contributed by atoms with van der Waals surface area (Å²) in [6.07, 6.45) is 1.29. The summed E-state index contributed by atoms with van der Waals surface area (Å²) < 4.78 is 17.9. The summed E-state index contributed by atoms with van der Waals surface area (Å²) in [5.41, 5.74) is 0.814. The normalized spacial score (nSPS) is 13.4. The maximum absolute atomic E-state index is 13.1. The van der Waals surface area contributed by atoms with Gasteiger partial charge in [-0.3, -0.25) is 4.79 Å². The molecular formula is C16H22FNO4. The lowest BCUT2D eigenvalue weighted by molar-refractivity contribution is -0.142. The number of methoxy groups -OCH3 is 1. The summed E-state index contributed by atoms with van der Waals surface area (Å²) in [5.74, 6) is -2.06. The first-order valence-corrected chi connectivity index (χ1v) is 7.20. The minimum Gasteiger partial charge on any atom is -0.480 e. The van der Waals surface area contributed by atoms with Crippen LogP contribution in [0.15, 0.2) is 24.3 Å². The SMILES string of the molecule is COCCC(NC(=O)C(C)CCc1cccc(F)c1)C(=O)O. The molecule has 1 aromatic rings. The number of ether oxygens (including phenoxy) is 1. The first kappa shape index (κ1) is 18.1. The Hall–Kier alpha value is -1.95. The highest BCUT2D eigenvalue weighted by molar-refractivity contribution is 5.84. The standard InChI is InChI=1S/C16H22FNO4/c1-11(6-7-12-4-3-5-13(17)10-12)15(19)18-14(16(20)21)8-9-22-2/h3-5,10-11,14H,6-9H2,1-2H3,(H,18,19)(H,20,21). The summed E-state index contributed by atoms with van der Waals surface area (Å²) in [6, 6.07) is 5.27. The smallest absolute Gasteiger partial charge is 0.326 e. The van der Waals surface area contributed by atoms with Crippen LogP contribution in [0, 0.1) is 11.7 Å². The fraction of sp³-hybridized carbons (Fsp3) is 0.500. The first-order valence-electron chi connectivity index (χ1n) is 7.20. The molecule has 0 saturated heterocycles. The molecule has 1 amide bonds. The van der Waals surface area contributed by atoms with Crippen molar-refractivity contribution < 1.29 is 23.8 Å². The Balaban J connectivity index is 2.48. The van der Waals surface area contributed by atoms with E-state index in [4.69, 9.17) is 9.84 Å². The van der Waals surface area contributed by atoms with Crippen LogP contribution >= 0.6 is 0 Å². The van der Waals surface area contributed by atoms with Crippen molar-refractivity contribution >= 4 is 11.9 Å². The molecule has 0 aromatic heterocycles. The highest BCUT2D eigenvalue weighted by Gasteiger charge is 2.22. The molecule has 2 atom stereocenters. The molecule has 0 aliphatic carbocycles. The summed E-state index contributed by atoms with van der Waals surface area (Å²) in [4.78, 5) is 23.1. The monoisotopic (exact) mass is 311 g/mol. The Labute approximate surface area is 129 Å². The Morgan fingerprint density at radius 1 is 1.36 bits per heavy atom. The molecular weight excluding hydrogens is 289 g/mol. The highest BCUT2D eigenvalue weighted by Crippen LogP contribution is 2.11. The van der Waals surface area contributed by atoms with Gasteiger partial charge in [-0.1, -0.05) is 19.1 Å². The van der Waals surface area contributed by atoms with E-state index in [2.05, 4.69) is 5.32 Å². The van der Waals surface area contributed by atoms with Crippen LogP contribution in [0.25, 0.3) is 0 Å². The zero-order valence-electron chi connectivity index (χ0n) is 12.8. The Kier molecular flexibility index (Phi) is 7.52. The predicted molar refractivity (Wildman–Crippen MR) is 79.9 cm³/mol. The maximum Gasteiger partial charge on any atom is 0.326 e. The van der Waals surface area contributed by atoms with Crippen molar-refractivity contribution in [3.63, 3.8) is 0 Å². The molecule has 122 valence electrons. The van der Waals surface area contributed by atoms with Crippen molar-refractivity contribution in [1.82, 2.24) is 5.32 Å². The van der Waals surface area contributed by atoms with Crippen LogP contribution in [-0.2, 0) is 20.7 Å². The van der Waals surface area contributed by atoms with Gasteiger partial charge in [0.05, 0.1) is 0 Å². The number of aliphatic carboxylic acids is 1. The van der Waals surface area contributed by atoms with Gasteiger partial charge in [-0.25, -0.2) is 9.18 Å². The molecule has 1 rings (SSSR count). The van der Waals surface area contributed by atoms with Crippen LogP contribution < -0.4 is 5.32 Å². The number of carboxylic acids is 1. The van der Waals surface area contributed by atoms with Gasteiger partial charge in [0.15, 0.2) is 0 Å². The number of carboxylic acid groups (broad SMARTS) is 1. The van der Waals surface area contributed by atoms with E-state index >= 15 is 0 Å². The van der Waals surface area contributed by atoms with Gasteiger partial charge >= 0.3 is 5.97 Å². The predicted octanol–water partition coefficient (Wildman–Crippen LogP) is 2.00. The van der Waals surface area contributed by atoms with E-state index in [1.54, 1.807) is 19.1 Å². The fourth-order valence-corrected chi connectivity index (χ4v) is 2.01. The van der Waals surface area contributed by atoms with Crippen molar-refractivity contribution in [2.75, 3.05) is 13.7 Å². The van der Waals surface area contributed by atoms with E-state index in [1.165, 1.54) is 19.2 Å². The van der Waals surface area contributed by atoms with E-state index < -0.39 is 12.0 Å². The van der Waals surface area contributed by atoms with E-state index in [0.717, 1.165) is 5.56 Å². The summed E-state index contributed by atoms with van der Waals surface area (Å²) in [7, 11) is 1.47. The zero-order valence-corrected chi connectivity index (χ0v) is 12.8. The first-order chi connectivity index (χ1) is 10.4. The molecule has 0 radical (unpaired) electrons. The minimum absolute atomic E-state index is 0.216. The number of amides is 1. The van der Waals surface area contributed by atoms with Crippen LogP contribution in [0.3, 0.4) is 0 Å². The van der Waals surface area contributed by atoms with Crippen LogP contribution in [0.5, 0.6) is 0 Å². The average Bonchev–Trinajstić information content (AvgIpc) is 2.48. The van der Waals surface area contributed by atoms with Crippen molar-refractivity contribution in [2.45, 2.75) is 32.2 Å². The van der Waals surface area contributed by atoms with Crippen LogP contribution in [0.1, 0.15) is 25.3 Å². The third-order valence-electron chi connectivity index (χ3n) is 3.43. The number of benzene rings is 1. The molecule has 0 aliphatic rings. The topological polar surface area (TPSA) is 75.6 Å². The highest BCUT2D eigenvalue weighted by atomic mass is 19.1. The Bertz CT molecular complexity index is 507. The lowest BCUT2D eigenvalue weighted by atomic mass is 10.00. The maximum atomic E-state index is 13.1. The van der Waals surface area contributed by atoms with E-state index in [-0.39, 0.29) is 30.7 Å². The van der Waals surface area contributed by atoms with Gasteiger partial charge in [0.2, 0.25) is 5.91 Å². The van der Waals surface area contributed by atoms with Crippen molar-refractivity contribution in [3.05, 3.63) is 35.6 Å².